The van der Waals surface area contributed by atoms with Crippen molar-refractivity contribution in [2.45, 2.75) is 6.67 Å². The monoisotopic (exact) mass is 160 g/mol. The van der Waals surface area contributed by atoms with Crippen LogP contribution in [0.2, 0.25) is 0 Å². The second-order valence-corrected chi connectivity index (χ2v) is 2.82. The summed E-state index contributed by atoms with van der Waals surface area (Å²) < 4.78 is 6.34. The molecule has 0 atom stereocenters. The van der Waals surface area contributed by atoms with Gasteiger partial charge in [-0.2, -0.15) is 4.57 Å². The number of fused-ring (bicyclic) bond motifs is 3. The summed E-state index contributed by atoms with van der Waals surface area (Å²) in [6, 6.07) is 2.02. The summed E-state index contributed by atoms with van der Waals surface area (Å²) in [4.78, 5) is 4.08. The summed E-state index contributed by atoms with van der Waals surface area (Å²) in [6.45, 7) is 0.880. The Balaban J connectivity index is 2.34. The van der Waals surface area contributed by atoms with Crippen LogP contribution in [0, 0.1) is 0 Å². The topological polar surface area (TPSA) is 25.6 Å². The van der Waals surface area contributed by atoms with Crippen LogP contribution in [-0.4, -0.2) is 9.67 Å². The molecule has 0 aromatic carbocycles. The van der Waals surface area contributed by atoms with E-state index in [0.29, 0.717) is 0 Å². The van der Waals surface area contributed by atoms with E-state index in [9.17, 15) is 0 Å². The summed E-state index contributed by atoms with van der Waals surface area (Å²) >= 11 is 0. The molecule has 0 bridgehead atoms. The van der Waals surface area contributed by atoms with Crippen LogP contribution in [0.5, 0.6) is 0 Å². The molecule has 58 valence electrons. The van der Waals surface area contributed by atoms with Crippen LogP contribution >= 0.6 is 0 Å². The second kappa shape index (κ2) is 1.91. The van der Waals surface area contributed by atoms with Crippen molar-refractivity contribution < 1.29 is 9.25 Å². The van der Waals surface area contributed by atoms with Gasteiger partial charge in [0.2, 0.25) is 6.20 Å². The molecule has 2 aromatic rings. The van der Waals surface area contributed by atoms with E-state index in [2.05, 4.69) is 18.9 Å². The minimum Gasteiger partial charge on any atom is -0.252 e. The zero-order valence-electron chi connectivity index (χ0n) is 6.46. The van der Waals surface area contributed by atoms with Crippen LogP contribution in [0.25, 0.3) is 5.82 Å². The maximum Gasteiger partial charge on any atom is 0.365 e. The molecule has 3 heterocycles. The third-order valence-electron chi connectivity index (χ3n) is 2.11. The molecule has 0 spiro atoms. The van der Waals surface area contributed by atoms with Crippen LogP contribution in [0.1, 0.15) is 0 Å². The van der Waals surface area contributed by atoms with Gasteiger partial charge in [-0.3, -0.25) is 4.98 Å². The Morgan fingerprint density at radius 2 is 2.42 bits per heavy atom. The largest absolute Gasteiger partial charge is 0.365 e. The molecule has 1 aliphatic rings. The molecule has 0 saturated carbocycles. The van der Waals surface area contributed by atoms with Crippen molar-refractivity contribution >= 4 is 0 Å². The molecule has 0 amide bonds. The van der Waals surface area contributed by atoms with Gasteiger partial charge in [-0.05, 0) is 0 Å². The molecule has 0 fully saturated rings. The first-order valence-electron chi connectivity index (χ1n) is 3.86. The quantitative estimate of drug-likeness (QED) is 0.398. The minimum absolute atomic E-state index is 0.880. The first-order valence-corrected chi connectivity index (χ1v) is 3.86. The lowest BCUT2D eigenvalue weighted by Crippen LogP contribution is -2.45. The van der Waals surface area contributed by atoms with E-state index < -0.39 is 0 Å². The Morgan fingerprint density at radius 3 is 3.42 bits per heavy atom. The van der Waals surface area contributed by atoms with Crippen molar-refractivity contribution in [2.75, 3.05) is 0 Å². The van der Waals surface area contributed by atoms with Gasteiger partial charge in [-0.1, -0.05) is 0 Å². The van der Waals surface area contributed by atoms with Gasteiger partial charge in [0.1, 0.15) is 12.4 Å². The van der Waals surface area contributed by atoms with E-state index in [-0.39, 0.29) is 0 Å². The summed E-state index contributed by atoms with van der Waals surface area (Å²) in [5.74, 6) is 1.11. The summed E-state index contributed by atoms with van der Waals surface area (Å²) in [6.07, 6.45) is 9.73. The van der Waals surface area contributed by atoms with Crippen LogP contribution < -0.4 is 9.25 Å². The normalized spacial score (nSPS) is 12.7. The van der Waals surface area contributed by atoms with Crippen molar-refractivity contribution in [3.8, 4) is 5.82 Å². The second-order valence-electron chi connectivity index (χ2n) is 2.82. The van der Waals surface area contributed by atoms with Crippen LogP contribution in [0.15, 0.2) is 37.1 Å². The van der Waals surface area contributed by atoms with Crippen molar-refractivity contribution in [3.63, 3.8) is 0 Å². The van der Waals surface area contributed by atoms with E-state index in [4.69, 9.17) is 0 Å². The number of nitrogens with zero attached hydrogens (tertiary/aromatic N) is 4. The highest BCUT2D eigenvalue weighted by atomic mass is 15.5. The number of aromatic nitrogens is 4. The molecule has 4 nitrogen and oxygen atoms in total. The molecule has 0 N–H and O–H groups in total. The summed E-state index contributed by atoms with van der Waals surface area (Å²) in [7, 11) is 0. The molecule has 3 rings (SSSR count). The average molecular weight is 160 g/mol. The Labute approximate surface area is 69.3 Å². The van der Waals surface area contributed by atoms with Gasteiger partial charge in [-0.15, -0.1) is 0 Å². The Kier molecular flexibility index (Phi) is 0.935. The number of hydrogen-bond donors (Lipinski definition) is 0. The predicted octanol–water partition coefficient (Wildman–Crippen LogP) is -0.734. The number of hydrogen-bond acceptors (Lipinski definition) is 1. The zero-order chi connectivity index (χ0) is 7.97. The third-order valence-corrected chi connectivity index (χ3v) is 2.11. The standard InChI is InChI=1S/C8H8N4/c1-3-11-7-10-5-2-9-6-8(10)12(11)4-1/h1-6H,7H2/q+2. The van der Waals surface area contributed by atoms with E-state index >= 15 is 0 Å². The Morgan fingerprint density at radius 1 is 1.42 bits per heavy atom. The Hall–Kier alpha value is -1.71. The Bertz CT molecular complexity index is 432. The van der Waals surface area contributed by atoms with Crippen molar-refractivity contribution in [1.82, 2.24) is 9.67 Å². The third kappa shape index (κ3) is 0.592. The molecule has 1 aliphatic heterocycles. The molecule has 4 heteroatoms. The molecule has 2 aromatic heterocycles. The summed E-state index contributed by atoms with van der Waals surface area (Å²) in [5, 5.41) is 0. The predicted molar refractivity (Wildman–Crippen MR) is 39.4 cm³/mol. The molecule has 0 saturated heterocycles. The zero-order valence-corrected chi connectivity index (χ0v) is 6.46. The molecule has 0 radical (unpaired) electrons. The highest BCUT2D eigenvalue weighted by Gasteiger charge is 2.31. The highest BCUT2D eigenvalue weighted by molar-refractivity contribution is 5.06. The smallest absolute Gasteiger partial charge is 0.252 e. The fraction of sp³-hybridized carbons (Fsp3) is 0.125. The van der Waals surface area contributed by atoms with Gasteiger partial charge >= 0.3 is 12.5 Å². The van der Waals surface area contributed by atoms with E-state index in [1.54, 1.807) is 6.20 Å². The molecular formula is C8H8N4+2. The van der Waals surface area contributed by atoms with Gasteiger partial charge in [0, 0.05) is 9.36 Å². The first kappa shape index (κ1) is 5.88. The van der Waals surface area contributed by atoms with Gasteiger partial charge in [0.05, 0.1) is 12.3 Å². The van der Waals surface area contributed by atoms with Crippen LogP contribution in [0.4, 0.5) is 0 Å². The summed E-state index contributed by atoms with van der Waals surface area (Å²) in [5.41, 5.74) is 0. The van der Waals surface area contributed by atoms with Gasteiger partial charge in [0.25, 0.3) is 0 Å². The maximum atomic E-state index is 4.08. The van der Waals surface area contributed by atoms with Crippen LogP contribution in [-0.2, 0) is 6.67 Å². The molecule has 0 aliphatic carbocycles. The lowest BCUT2D eigenvalue weighted by molar-refractivity contribution is -0.902. The molecule has 12 heavy (non-hydrogen) atoms. The fourth-order valence-corrected chi connectivity index (χ4v) is 1.55. The van der Waals surface area contributed by atoms with Gasteiger partial charge < -0.3 is 0 Å². The number of rotatable bonds is 0. The minimum atomic E-state index is 0.880. The van der Waals surface area contributed by atoms with Gasteiger partial charge in [-0.25, -0.2) is 0 Å². The molecular weight excluding hydrogens is 152 g/mol. The van der Waals surface area contributed by atoms with Crippen molar-refractivity contribution in [3.05, 3.63) is 37.1 Å². The lowest BCUT2D eigenvalue weighted by atomic mass is 10.6. The molecule has 0 unspecified atom stereocenters. The fourth-order valence-electron chi connectivity index (χ4n) is 1.55. The lowest BCUT2D eigenvalue weighted by Gasteiger charge is -1.84. The SMILES string of the molecule is c1cn2[n+](c1)C[n+]1ccncc1-2. The average Bonchev–Trinajstić information content (AvgIpc) is 2.62. The van der Waals surface area contributed by atoms with Crippen LogP contribution in [0.3, 0.4) is 0 Å². The maximum absolute atomic E-state index is 4.08. The van der Waals surface area contributed by atoms with Crippen molar-refractivity contribution in [2.24, 2.45) is 0 Å². The van der Waals surface area contributed by atoms with E-state index in [0.717, 1.165) is 12.5 Å². The van der Waals surface area contributed by atoms with E-state index in [1.165, 1.54) is 0 Å². The van der Waals surface area contributed by atoms with E-state index in [1.807, 2.05) is 30.9 Å². The van der Waals surface area contributed by atoms with Gasteiger partial charge in [0.15, 0.2) is 6.20 Å². The highest BCUT2D eigenvalue weighted by Crippen LogP contribution is 1.99. The first-order chi connectivity index (χ1) is 5.95. The van der Waals surface area contributed by atoms with Crippen molar-refractivity contribution in [1.29, 1.82) is 0 Å².